The number of methoxy groups -OCH3 is 2. The normalized spacial score (nSPS) is 14.4. The van der Waals surface area contributed by atoms with Crippen molar-refractivity contribution in [1.82, 2.24) is 5.32 Å². The Labute approximate surface area is 154 Å². The number of dihydropyridines is 1. The number of benzene rings is 1. The zero-order valence-corrected chi connectivity index (χ0v) is 15.1. The lowest BCUT2D eigenvalue weighted by Gasteiger charge is -2.29. The molecule has 0 saturated heterocycles. The first kappa shape index (κ1) is 19.8. The van der Waals surface area contributed by atoms with Crippen LogP contribution in [0, 0.1) is 10.1 Å². The molecule has 1 aromatic rings. The van der Waals surface area contributed by atoms with E-state index in [2.05, 4.69) is 14.8 Å². The molecule has 0 aliphatic carbocycles. The van der Waals surface area contributed by atoms with Gasteiger partial charge in [0.15, 0.2) is 0 Å². The molecule has 0 atom stereocenters. The van der Waals surface area contributed by atoms with Gasteiger partial charge in [0.1, 0.15) is 17.4 Å². The Morgan fingerprint density at radius 2 is 1.48 bits per heavy atom. The molecule has 1 aliphatic rings. The summed E-state index contributed by atoms with van der Waals surface area (Å²) in [5, 5.41) is 14.4. The molecule has 10 heteroatoms. The van der Waals surface area contributed by atoms with Crippen molar-refractivity contribution in [1.29, 1.82) is 0 Å². The van der Waals surface area contributed by atoms with E-state index in [1.165, 1.54) is 18.2 Å². The number of allylic oxidation sites excluding steroid dienone is 2. The van der Waals surface area contributed by atoms with Crippen molar-refractivity contribution in [3.63, 3.8) is 0 Å². The fraction of sp³-hybridized carbons (Fsp3) is 0.294. The molecule has 0 amide bonds. The van der Waals surface area contributed by atoms with Crippen molar-refractivity contribution in [2.45, 2.75) is 19.8 Å². The van der Waals surface area contributed by atoms with Gasteiger partial charge >= 0.3 is 12.3 Å². The average molecular weight is 378 g/mol. The summed E-state index contributed by atoms with van der Waals surface area (Å²) in [5.41, 5.74) is 0.735. The molecular formula is C17H18N2O8. The number of nitrogens with one attached hydrogen (secondary N) is 1. The van der Waals surface area contributed by atoms with E-state index in [0.717, 1.165) is 14.2 Å². The van der Waals surface area contributed by atoms with Crippen molar-refractivity contribution in [3.05, 3.63) is 62.9 Å². The van der Waals surface area contributed by atoms with E-state index >= 15 is 0 Å². The molecule has 0 unspecified atom stereocenters. The zero-order valence-electron chi connectivity index (χ0n) is 15.1. The molecule has 1 aromatic carbocycles. The lowest BCUT2D eigenvalue weighted by atomic mass is 9.89. The number of nitrogens with zero attached hydrogens (tertiary/aromatic N) is 1. The standard InChI is InChI=1S/C17H18N2O8/c1-9-14(26-16(20)24-3)13(11-7-5-6-8-12(11)19(22)23)15(10(2)18-9)27-17(21)25-4/h5-8,13,18H,1-4H3. The molecule has 144 valence electrons. The zero-order chi connectivity index (χ0) is 20.1. The van der Waals surface area contributed by atoms with Crippen LogP contribution < -0.4 is 5.32 Å². The molecule has 27 heavy (non-hydrogen) atoms. The van der Waals surface area contributed by atoms with E-state index < -0.39 is 23.2 Å². The van der Waals surface area contributed by atoms with Gasteiger partial charge in [-0.15, -0.1) is 0 Å². The second-order valence-electron chi connectivity index (χ2n) is 5.46. The van der Waals surface area contributed by atoms with Gasteiger partial charge in [0.25, 0.3) is 5.69 Å². The van der Waals surface area contributed by atoms with Crippen LogP contribution in [0.2, 0.25) is 0 Å². The summed E-state index contributed by atoms with van der Waals surface area (Å²) in [6.07, 6.45) is -2.04. The van der Waals surface area contributed by atoms with Crippen molar-refractivity contribution < 1.29 is 33.5 Å². The summed E-state index contributed by atoms with van der Waals surface area (Å²) in [6, 6.07) is 5.86. The summed E-state index contributed by atoms with van der Waals surface area (Å²) < 4.78 is 19.5. The molecule has 1 aliphatic heterocycles. The molecule has 0 radical (unpaired) electrons. The predicted molar refractivity (Wildman–Crippen MR) is 91.4 cm³/mol. The molecule has 0 saturated carbocycles. The Kier molecular flexibility index (Phi) is 6.01. The highest BCUT2D eigenvalue weighted by Gasteiger charge is 2.38. The lowest BCUT2D eigenvalue weighted by Crippen LogP contribution is -2.29. The van der Waals surface area contributed by atoms with Crippen molar-refractivity contribution >= 4 is 18.0 Å². The van der Waals surface area contributed by atoms with Crippen molar-refractivity contribution in [2.24, 2.45) is 0 Å². The SMILES string of the molecule is COC(=O)OC1=C(C)NC(C)=C(OC(=O)OC)C1c1ccccc1[N+](=O)[O-]. The molecule has 1 N–H and O–H groups in total. The Bertz CT molecular complexity index is 803. The van der Waals surface area contributed by atoms with Gasteiger partial charge in [0, 0.05) is 11.6 Å². The molecule has 2 rings (SSSR count). The van der Waals surface area contributed by atoms with Crippen LogP contribution in [0.5, 0.6) is 0 Å². The number of nitro benzene ring substituents is 1. The van der Waals surface area contributed by atoms with E-state index in [-0.39, 0.29) is 22.8 Å². The van der Waals surface area contributed by atoms with Gasteiger partial charge < -0.3 is 24.3 Å². The van der Waals surface area contributed by atoms with Gasteiger partial charge in [-0.05, 0) is 13.8 Å². The van der Waals surface area contributed by atoms with Gasteiger partial charge in [-0.1, -0.05) is 18.2 Å². The second-order valence-corrected chi connectivity index (χ2v) is 5.46. The minimum absolute atomic E-state index is 0.000605. The van der Waals surface area contributed by atoms with E-state index in [0.29, 0.717) is 11.4 Å². The third-order valence-electron chi connectivity index (χ3n) is 3.80. The van der Waals surface area contributed by atoms with Gasteiger partial charge in [-0.3, -0.25) is 10.1 Å². The minimum atomic E-state index is -1.05. The Balaban J connectivity index is 2.67. The highest BCUT2D eigenvalue weighted by atomic mass is 16.7. The van der Waals surface area contributed by atoms with Gasteiger partial charge in [-0.25, -0.2) is 9.59 Å². The first-order valence-corrected chi connectivity index (χ1v) is 7.73. The summed E-state index contributed by atoms with van der Waals surface area (Å²) in [6.45, 7) is 3.22. The topological polar surface area (TPSA) is 126 Å². The quantitative estimate of drug-likeness (QED) is 0.477. The number of para-hydroxylation sites is 1. The minimum Gasteiger partial charge on any atom is -0.437 e. The van der Waals surface area contributed by atoms with Gasteiger partial charge in [0.2, 0.25) is 0 Å². The van der Waals surface area contributed by atoms with E-state index in [9.17, 15) is 19.7 Å². The molecule has 1 heterocycles. The van der Waals surface area contributed by atoms with Gasteiger partial charge in [-0.2, -0.15) is 0 Å². The van der Waals surface area contributed by atoms with Crippen LogP contribution in [0.4, 0.5) is 15.3 Å². The third-order valence-corrected chi connectivity index (χ3v) is 3.80. The summed E-state index contributed by atoms with van der Waals surface area (Å²) in [4.78, 5) is 34.3. The monoisotopic (exact) mass is 378 g/mol. The first-order chi connectivity index (χ1) is 12.8. The largest absolute Gasteiger partial charge is 0.513 e. The highest BCUT2D eigenvalue weighted by Crippen LogP contribution is 2.42. The number of carbonyl (C=O) groups is 2. The van der Waals surface area contributed by atoms with E-state index in [4.69, 9.17) is 9.47 Å². The Morgan fingerprint density at radius 3 is 1.93 bits per heavy atom. The molecule has 10 nitrogen and oxygen atoms in total. The molecule has 0 spiro atoms. The number of hydrogen-bond acceptors (Lipinski definition) is 9. The van der Waals surface area contributed by atoms with Crippen LogP contribution in [0.25, 0.3) is 0 Å². The van der Waals surface area contributed by atoms with Crippen LogP contribution in [0.15, 0.2) is 47.2 Å². The number of rotatable bonds is 4. The number of nitro groups is 1. The molecule has 0 fully saturated rings. The fourth-order valence-electron chi connectivity index (χ4n) is 2.67. The maximum absolute atomic E-state index is 11.7. The fourth-order valence-corrected chi connectivity index (χ4v) is 2.67. The molecule has 0 bridgehead atoms. The average Bonchev–Trinajstić information content (AvgIpc) is 2.65. The lowest BCUT2D eigenvalue weighted by molar-refractivity contribution is -0.385. The van der Waals surface area contributed by atoms with Crippen LogP contribution >= 0.6 is 0 Å². The first-order valence-electron chi connectivity index (χ1n) is 7.73. The maximum atomic E-state index is 11.7. The smallest absolute Gasteiger partial charge is 0.437 e. The molecular weight excluding hydrogens is 360 g/mol. The predicted octanol–water partition coefficient (Wildman–Crippen LogP) is 3.31. The molecule has 0 aromatic heterocycles. The van der Waals surface area contributed by atoms with Crippen molar-refractivity contribution in [2.75, 3.05) is 14.2 Å². The van der Waals surface area contributed by atoms with E-state index in [1.807, 2.05) is 0 Å². The third kappa shape index (κ3) is 4.17. The Hall–Kier alpha value is -3.56. The number of hydrogen-bond donors (Lipinski definition) is 1. The van der Waals surface area contributed by atoms with Crippen LogP contribution in [0.1, 0.15) is 25.3 Å². The maximum Gasteiger partial charge on any atom is 0.513 e. The van der Waals surface area contributed by atoms with Crippen LogP contribution in [0.3, 0.4) is 0 Å². The van der Waals surface area contributed by atoms with Gasteiger partial charge in [0.05, 0.1) is 30.5 Å². The van der Waals surface area contributed by atoms with Crippen LogP contribution in [-0.4, -0.2) is 31.5 Å². The number of carbonyl (C=O) groups excluding carboxylic acids is 2. The summed E-state index contributed by atoms with van der Waals surface area (Å²) in [5.74, 6) is -1.05. The highest BCUT2D eigenvalue weighted by molar-refractivity contribution is 5.65. The van der Waals surface area contributed by atoms with Crippen molar-refractivity contribution in [3.8, 4) is 0 Å². The summed E-state index contributed by atoms with van der Waals surface area (Å²) in [7, 11) is 2.25. The summed E-state index contributed by atoms with van der Waals surface area (Å²) >= 11 is 0. The second kappa shape index (κ2) is 8.21. The van der Waals surface area contributed by atoms with Crippen LogP contribution in [-0.2, 0) is 18.9 Å². The Morgan fingerprint density at radius 1 is 1.00 bits per heavy atom. The van der Waals surface area contributed by atoms with E-state index in [1.54, 1.807) is 19.9 Å². The number of ether oxygens (including phenoxy) is 4.